The van der Waals surface area contributed by atoms with Gasteiger partial charge in [-0.1, -0.05) is 6.07 Å². The molecule has 0 aliphatic carbocycles. The fourth-order valence-corrected chi connectivity index (χ4v) is 1.65. The lowest BCUT2D eigenvalue weighted by atomic mass is 10.1. The molecule has 19 heavy (non-hydrogen) atoms. The van der Waals surface area contributed by atoms with Crippen LogP contribution in [0, 0.1) is 0 Å². The first-order valence-corrected chi connectivity index (χ1v) is 5.46. The van der Waals surface area contributed by atoms with Crippen LogP contribution in [-0.4, -0.2) is 36.3 Å². The van der Waals surface area contributed by atoms with Crippen molar-refractivity contribution >= 4 is 5.95 Å². The zero-order chi connectivity index (χ0) is 13.8. The van der Waals surface area contributed by atoms with E-state index in [1.807, 2.05) is 6.07 Å². The van der Waals surface area contributed by atoms with Crippen molar-refractivity contribution in [3.05, 3.63) is 18.2 Å². The number of hydrogen-bond donors (Lipinski definition) is 1. The van der Waals surface area contributed by atoms with Gasteiger partial charge in [0, 0.05) is 0 Å². The highest BCUT2D eigenvalue weighted by molar-refractivity contribution is 5.72. The van der Waals surface area contributed by atoms with Gasteiger partial charge in [-0.25, -0.2) is 0 Å². The second kappa shape index (κ2) is 5.38. The molecule has 0 saturated heterocycles. The summed E-state index contributed by atoms with van der Waals surface area (Å²) in [5, 5.41) is 0. The molecule has 7 nitrogen and oxygen atoms in total. The third-order valence-corrected chi connectivity index (χ3v) is 2.47. The molecule has 2 aromatic rings. The Morgan fingerprint density at radius 3 is 2.05 bits per heavy atom. The summed E-state index contributed by atoms with van der Waals surface area (Å²) in [5.41, 5.74) is 6.23. The average molecular weight is 262 g/mol. The molecule has 2 N–H and O–H groups in total. The normalized spacial score (nSPS) is 10.1. The van der Waals surface area contributed by atoms with Gasteiger partial charge in [-0.2, -0.15) is 15.0 Å². The van der Waals surface area contributed by atoms with Gasteiger partial charge in [0.15, 0.2) is 5.82 Å². The van der Waals surface area contributed by atoms with Gasteiger partial charge in [0.05, 0.1) is 21.3 Å². The van der Waals surface area contributed by atoms with Crippen LogP contribution in [0.2, 0.25) is 0 Å². The Bertz CT molecular complexity index is 567. The van der Waals surface area contributed by atoms with Crippen LogP contribution in [-0.2, 0) is 0 Å². The van der Waals surface area contributed by atoms with Crippen molar-refractivity contribution in [3.63, 3.8) is 0 Å². The van der Waals surface area contributed by atoms with Gasteiger partial charge in [-0.15, -0.1) is 0 Å². The number of benzene rings is 1. The third-order valence-electron chi connectivity index (χ3n) is 2.47. The Morgan fingerprint density at radius 1 is 0.895 bits per heavy atom. The number of anilines is 1. The maximum atomic E-state index is 5.63. The summed E-state index contributed by atoms with van der Waals surface area (Å²) in [7, 11) is 4.57. The summed E-state index contributed by atoms with van der Waals surface area (Å²) in [6.07, 6.45) is 0. The van der Waals surface area contributed by atoms with Crippen molar-refractivity contribution in [3.8, 4) is 28.9 Å². The Balaban J connectivity index is 2.66. The van der Waals surface area contributed by atoms with Gasteiger partial charge in [-0.3, -0.25) is 0 Å². The van der Waals surface area contributed by atoms with Crippen molar-refractivity contribution in [2.24, 2.45) is 0 Å². The molecule has 0 unspecified atom stereocenters. The van der Waals surface area contributed by atoms with Crippen LogP contribution in [0.4, 0.5) is 5.95 Å². The number of hydrogen-bond acceptors (Lipinski definition) is 7. The summed E-state index contributed by atoms with van der Waals surface area (Å²) in [4.78, 5) is 12.1. The largest absolute Gasteiger partial charge is 0.496 e. The topological polar surface area (TPSA) is 92.4 Å². The predicted molar refractivity (Wildman–Crippen MR) is 69.3 cm³/mol. The van der Waals surface area contributed by atoms with Crippen LogP contribution < -0.4 is 19.9 Å². The summed E-state index contributed by atoms with van der Waals surface area (Å²) < 4.78 is 15.6. The molecule has 2 rings (SSSR count). The second-order valence-corrected chi connectivity index (χ2v) is 3.54. The molecule has 0 aliphatic heterocycles. The molecule has 0 spiro atoms. The Morgan fingerprint density at radius 2 is 1.53 bits per heavy atom. The zero-order valence-electron chi connectivity index (χ0n) is 10.9. The van der Waals surface area contributed by atoms with Gasteiger partial charge in [0.25, 0.3) is 0 Å². The van der Waals surface area contributed by atoms with E-state index in [1.54, 1.807) is 26.4 Å². The lowest BCUT2D eigenvalue weighted by Gasteiger charge is -2.12. The molecular weight excluding hydrogens is 248 g/mol. The number of rotatable bonds is 4. The van der Waals surface area contributed by atoms with Gasteiger partial charge in [-0.05, 0) is 12.1 Å². The molecule has 1 heterocycles. The first kappa shape index (κ1) is 12.9. The molecule has 7 heteroatoms. The molecule has 0 aliphatic rings. The zero-order valence-corrected chi connectivity index (χ0v) is 10.9. The number of nitrogens with zero attached hydrogens (tertiary/aromatic N) is 3. The minimum absolute atomic E-state index is 0.0646. The van der Waals surface area contributed by atoms with Gasteiger partial charge in [0.1, 0.15) is 17.1 Å². The quantitative estimate of drug-likeness (QED) is 0.883. The Hall–Kier alpha value is -2.57. The van der Waals surface area contributed by atoms with Gasteiger partial charge >= 0.3 is 6.01 Å². The van der Waals surface area contributed by atoms with Crippen LogP contribution in [0.1, 0.15) is 0 Å². The highest BCUT2D eigenvalue weighted by atomic mass is 16.5. The van der Waals surface area contributed by atoms with E-state index in [0.29, 0.717) is 22.9 Å². The van der Waals surface area contributed by atoms with E-state index in [1.165, 1.54) is 7.11 Å². The van der Waals surface area contributed by atoms with E-state index in [2.05, 4.69) is 15.0 Å². The highest BCUT2D eigenvalue weighted by Gasteiger charge is 2.17. The van der Waals surface area contributed by atoms with Crippen molar-refractivity contribution in [2.45, 2.75) is 0 Å². The molecule has 0 radical (unpaired) electrons. The molecule has 0 bridgehead atoms. The van der Waals surface area contributed by atoms with E-state index >= 15 is 0 Å². The molecule has 0 atom stereocenters. The first-order valence-electron chi connectivity index (χ1n) is 5.46. The van der Waals surface area contributed by atoms with Crippen LogP contribution >= 0.6 is 0 Å². The molecule has 1 aromatic carbocycles. The first-order chi connectivity index (χ1) is 9.19. The number of nitrogens with two attached hydrogens (primary N) is 1. The lowest BCUT2D eigenvalue weighted by Crippen LogP contribution is -2.04. The molecule has 100 valence electrons. The molecule has 0 amide bonds. The summed E-state index contributed by atoms with van der Waals surface area (Å²) >= 11 is 0. The van der Waals surface area contributed by atoms with Crippen molar-refractivity contribution in [1.82, 2.24) is 15.0 Å². The number of ether oxygens (including phenoxy) is 3. The fourth-order valence-electron chi connectivity index (χ4n) is 1.65. The van der Waals surface area contributed by atoms with Crippen molar-refractivity contribution < 1.29 is 14.2 Å². The van der Waals surface area contributed by atoms with E-state index < -0.39 is 0 Å². The second-order valence-electron chi connectivity index (χ2n) is 3.54. The maximum Gasteiger partial charge on any atom is 0.321 e. The van der Waals surface area contributed by atoms with Crippen LogP contribution in [0.3, 0.4) is 0 Å². The van der Waals surface area contributed by atoms with E-state index in [4.69, 9.17) is 19.9 Å². The Labute approximate surface area is 110 Å². The molecular formula is C12H14N4O3. The van der Waals surface area contributed by atoms with E-state index in [9.17, 15) is 0 Å². The van der Waals surface area contributed by atoms with Crippen LogP contribution in [0.15, 0.2) is 18.2 Å². The lowest BCUT2D eigenvalue weighted by molar-refractivity contribution is 0.378. The molecule has 0 fully saturated rings. The van der Waals surface area contributed by atoms with E-state index in [0.717, 1.165) is 0 Å². The molecule has 0 saturated carbocycles. The fraction of sp³-hybridized carbons (Fsp3) is 0.250. The van der Waals surface area contributed by atoms with Gasteiger partial charge < -0.3 is 19.9 Å². The molecule has 1 aromatic heterocycles. The third kappa shape index (κ3) is 2.49. The highest BCUT2D eigenvalue weighted by Crippen LogP contribution is 2.36. The Kier molecular flexibility index (Phi) is 3.65. The van der Waals surface area contributed by atoms with Crippen LogP contribution in [0.25, 0.3) is 11.4 Å². The standard InChI is InChI=1S/C12H14N4O3/c1-17-7-5-4-6-8(18-2)9(7)10-14-11(13)16-12(15-10)19-3/h4-6H,1-3H3,(H2,13,14,15,16). The summed E-state index contributed by atoms with van der Waals surface area (Å²) in [5.74, 6) is 1.55. The minimum Gasteiger partial charge on any atom is -0.496 e. The predicted octanol–water partition coefficient (Wildman–Crippen LogP) is 1.15. The minimum atomic E-state index is 0.0646. The van der Waals surface area contributed by atoms with Crippen molar-refractivity contribution in [2.75, 3.05) is 27.1 Å². The van der Waals surface area contributed by atoms with E-state index in [-0.39, 0.29) is 12.0 Å². The summed E-state index contributed by atoms with van der Waals surface area (Å²) in [6, 6.07) is 5.51. The monoisotopic (exact) mass is 262 g/mol. The average Bonchev–Trinajstić information content (AvgIpc) is 2.45. The SMILES string of the molecule is COc1nc(N)nc(-c2c(OC)cccc2OC)n1. The van der Waals surface area contributed by atoms with Crippen LogP contribution in [0.5, 0.6) is 17.5 Å². The number of nitrogen functional groups attached to an aromatic ring is 1. The summed E-state index contributed by atoms with van der Waals surface area (Å²) in [6.45, 7) is 0. The smallest absolute Gasteiger partial charge is 0.321 e. The number of methoxy groups -OCH3 is 3. The number of aromatic nitrogens is 3. The van der Waals surface area contributed by atoms with Crippen molar-refractivity contribution in [1.29, 1.82) is 0 Å². The maximum absolute atomic E-state index is 5.63. The van der Waals surface area contributed by atoms with Gasteiger partial charge in [0.2, 0.25) is 5.95 Å².